The molecule has 0 atom stereocenters. The van der Waals surface area contributed by atoms with E-state index in [0.29, 0.717) is 0 Å². The van der Waals surface area contributed by atoms with Crippen molar-refractivity contribution < 1.29 is 28.7 Å². The van der Waals surface area contributed by atoms with Crippen LogP contribution in [0.1, 0.15) is 6.42 Å². The summed E-state index contributed by atoms with van der Waals surface area (Å²) in [7, 11) is -9.58. The summed E-state index contributed by atoms with van der Waals surface area (Å²) < 4.78 is 23.5. The highest BCUT2D eigenvalue weighted by Gasteiger charge is 2.42. The van der Waals surface area contributed by atoms with Gasteiger partial charge in [-0.25, -0.2) is 0 Å². The fraction of sp³-hybridized carbons (Fsp3) is 0.429. The van der Waals surface area contributed by atoms with Gasteiger partial charge in [-0.05, 0) is 18.6 Å². The van der Waals surface area contributed by atoms with E-state index < -0.39 is 20.6 Å². The minimum atomic E-state index is -4.79. The Balaban J connectivity index is 2.74. The molecule has 1 aromatic rings. The molecule has 0 bridgehead atoms. The van der Waals surface area contributed by atoms with Crippen LogP contribution < -0.4 is 0 Å². The van der Waals surface area contributed by atoms with Gasteiger partial charge in [0.25, 0.3) is 0 Å². The molecule has 0 aliphatic rings. The van der Waals surface area contributed by atoms with Crippen molar-refractivity contribution in [2.24, 2.45) is 0 Å². The summed E-state index contributed by atoms with van der Waals surface area (Å²) in [5.41, 5.74) is 0. The van der Waals surface area contributed by atoms with Gasteiger partial charge in [0, 0.05) is 18.9 Å². The van der Waals surface area contributed by atoms with Crippen LogP contribution in [0.15, 0.2) is 24.5 Å². The third-order valence-corrected chi connectivity index (χ3v) is 5.96. The van der Waals surface area contributed by atoms with E-state index in [4.69, 9.17) is 19.6 Å². The summed E-state index contributed by atoms with van der Waals surface area (Å²) in [6, 6.07) is 3.42. The Morgan fingerprint density at radius 1 is 1.00 bits per heavy atom. The predicted octanol–water partition coefficient (Wildman–Crippen LogP) is 0.560. The monoisotopic (exact) mass is 269 g/mol. The van der Waals surface area contributed by atoms with E-state index in [1.54, 1.807) is 29.1 Å². The second-order valence-corrected chi connectivity index (χ2v) is 7.38. The van der Waals surface area contributed by atoms with Gasteiger partial charge in [0.1, 0.15) is 0 Å². The summed E-state index contributed by atoms with van der Waals surface area (Å²) in [6.07, 6.45) is 3.02. The van der Waals surface area contributed by atoms with Crippen molar-refractivity contribution in [2.75, 3.05) is 0 Å². The molecule has 1 heterocycles. The minimum Gasteiger partial charge on any atom is -0.354 e. The van der Waals surface area contributed by atoms with Crippen molar-refractivity contribution >= 4 is 15.2 Å². The number of nitrogens with zero attached hydrogens (tertiary/aromatic N) is 1. The lowest BCUT2D eigenvalue weighted by Crippen LogP contribution is -2.12. The largest absolute Gasteiger partial charge is 0.354 e. The Kier molecular flexibility index (Phi) is 4.12. The van der Waals surface area contributed by atoms with Crippen molar-refractivity contribution in [3.63, 3.8) is 0 Å². The molecule has 4 N–H and O–H groups in total. The summed E-state index contributed by atoms with van der Waals surface area (Å²) in [4.78, 5) is 35.4. The second kappa shape index (κ2) is 4.84. The number of aryl methyl sites for hydroxylation is 1. The maximum Gasteiger partial charge on any atom is 0.340 e. The van der Waals surface area contributed by atoms with E-state index >= 15 is 0 Å². The van der Waals surface area contributed by atoms with Gasteiger partial charge in [0.05, 0.1) is 0 Å². The van der Waals surface area contributed by atoms with E-state index in [9.17, 15) is 9.13 Å². The molecule has 16 heavy (non-hydrogen) atoms. The molecule has 0 saturated heterocycles. The van der Waals surface area contributed by atoms with Gasteiger partial charge in [-0.15, -0.1) is 0 Å². The zero-order valence-corrected chi connectivity index (χ0v) is 10.0. The number of rotatable bonds is 5. The van der Waals surface area contributed by atoms with Crippen molar-refractivity contribution in [1.82, 2.24) is 4.57 Å². The molecule has 0 saturated carbocycles. The molecule has 0 fully saturated rings. The molecule has 0 aromatic carbocycles. The Bertz CT molecular complexity index is 396. The topological polar surface area (TPSA) is 120 Å². The van der Waals surface area contributed by atoms with Gasteiger partial charge < -0.3 is 24.1 Å². The summed E-state index contributed by atoms with van der Waals surface area (Å²) in [6.45, 7) is 0.147. The zero-order chi connectivity index (χ0) is 12.4. The van der Waals surface area contributed by atoms with E-state index in [2.05, 4.69) is 0 Å². The van der Waals surface area contributed by atoms with Crippen LogP contribution in [0.4, 0.5) is 0 Å². The van der Waals surface area contributed by atoms with E-state index in [1.807, 2.05) is 0 Å². The Hall–Kier alpha value is -0.420. The molecule has 7 nitrogen and oxygen atoms in total. The third-order valence-electron chi connectivity index (χ3n) is 2.09. The summed E-state index contributed by atoms with van der Waals surface area (Å²) in [5, 5.41) is -1.93. The first kappa shape index (κ1) is 13.6. The van der Waals surface area contributed by atoms with Crippen molar-refractivity contribution in [1.29, 1.82) is 0 Å². The second-order valence-electron chi connectivity index (χ2n) is 3.37. The van der Waals surface area contributed by atoms with Gasteiger partial charge in [0.15, 0.2) is 5.40 Å². The normalized spacial score (nSPS) is 13.3. The lowest BCUT2D eigenvalue weighted by molar-refractivity contribution is 0.333. The molecule has 92 valence electrons. The van der Waals surface area contributed by atoms with Crippen molar-refractivity contribution in [3.05, 3.63) is 24.5 Å². The predicted molar refractivity (Wildman–Crippen MR) is 56.9 cm³/mol. The van der Waals surface area contributed by atoms with E-state index in [0.717, 1.165) is 0 Å². The van der Waals surface area contributed by atoms with Crippen LogP contribution in [-0.2, 0) is 15.7 Å². The average Bonchev–Trinajstić information content (AvgIpc) is 2.51. The molecule has 0 radical (unpaired) electrons. The lowest BCUT2D eigenvalue weighted by Gasteiger charge is -2.19. The fourth-order valence-corrected chi connectivity index (χ4v) is 3.79. The summed E-state index contributed by atoms with van der Waals surface area (Å²) >= 11 is 0. The van der Waals surface area contributed by atoms with Gasteiger partial charge in [-0.2, -0.15) is 0 Å². The number of hydrogen-bond acceptors (Lipinski definition) is 2. The fourth-order valence-electron chi connectivity index (χ4n) is 1.32. The van der Waals surface area contributed by atoms with Crippen LogP contribution in [0.3, 0.4) is 0 Å². The maximum atomic E-state index is 10.9. The standard InChI is InChI=1S/C7H13NO6P2/c9-15(10,11)7(16(12,13)14)3-6-8-4-1-2-5-8/h1-2,4-5,7H,3,6H2,(H2,9,10,11)(H2,12,13,14). The van der Waals surface area contributed by atoms with Gasteiger partial charge in [-0.1, -0.05) is 0 Å². The minimum absolute atomic E-state index is 0.147. The van der Waals surface area contributed by atoms with Crippen LogP contribution in [0.2, 0.25) is 0 Å². The summed E-state index contributed by atoms with van der Waals surface area (Å²) in [5.74, 6) is 0. The Labute approximate surface area is 92.0 Å². The van der Waals surface area contributed by atoms with E-state index in [1.165, 1.54) is 0 Å². The van der Waals surface area contributed by atoms with Crippen LogP contribution in [0, 0.1) is 0 Å². The molecular weight excluding hydrogens is 256 g/mol. The molecule has 0 aliphatic carbocycles. The number of aromatic nitrogens is 1. The smallest absolute Gasteiger partial charge is 0.340 e. The Morgan fingerprint density at radius 3 is 1.81 bits per heavy atom. The molecule has 0 spiro atoms. The van der Waals surface area contributed by atoms with E-state index in [-0.39, 0.29) is 13.0 Å². The van der Waals surface area contributed by atoms with Crippen LogP contribution in [0.5, 0.6) is 0 Å². The quantitative estimate of drug-likeness (QED) is 0.580. The highest BCUT2D eigenvalue weighted by atomic mass is 31.2. The lowest BCUT2D eigenvalue weighted by atomic mass is 10.5. The van der Waals surface area contributed by atoms with Crippen LogP contribution in [-0.4, -0.2) is 29.5 Å². The third kappa shape index (κ3) is 3.87. The first-order chi connectivity index (χ1) is 7.21. The van der Waals surface area contributed by atoms with Crippen LogP contribution >= 0.6 is 15.2 Å². The average molecular weight is 269 g/mol. The first-order valence-corrected chi connectivity index (χ1v) is 7.79. The van der Waals surface area contributed by atoms with Crippen molar-refractivity contribution in [2.45, 2.75) is 18.4 Å². The molecule has 1 aromatic heterocycles. The highest BCUT2D eigenvalue weighted by Crippen LogP contribution is 2.61. The SMILES string of the molecule is O=P(O)(O)C(CCn1cccc1)P(=O)(O)O. The van der Waals surface area contributed by atoms with Crippen molar-refractivity contribution in [3.8, 4) is 0 Å². The van der Waals surface area contributed by atoms with Gasteiger partial charge >= 0.3 is 15.2 Å². The molecule has 9 heteroatoms. The maximum absolute atomic E-state index is 10.9. The molecule has 0 unspecified atom stereocenters. The molecular formula is C7H13NO6P2. The first-order valence-electron chi connectivity index (χ1n) is 4.42. The molecule has 0 amide bonds. The van der Waals surface area contributed by atoms with Crippen LogP contribution in [0.25, 0.3) is 0 Å². The van der Waals surface area contributed by atoms with Gasteiger partial charge in [0.2, 0.25) is 0 Å². The number of hydrogen-bond donors (Lipinski definition) is 4. The highest BCUT2D eigenvalue weighted by molar-refractivity contribution is 7.70. The van der Waals surface area contributed by atoms with Gasteiger partial charge in [-0.3, -0.25) is 9.13 Å². The molecule has 1 rings (SSSR count). The Morgan fingerprint density at radius 2 is 1.44 bits per heavy atom. The zero-order valence-electron chi connectivity index (χ0n) is 8.25. The molecule has 0 aliphatic heterocycles.